The van der Waals surface area contributed by atoms with Crippen molar-refractivity contribution < 1.29 is 32.0 Å². The van der Waals surface area contributed by atoms with Crippen LogP contribution in [-0.2, 0) is 9.63 Å². The molecule has 0 saturated carbocycles. The third-order valence-corrected chi connectivity index (χ3v) is 6.17. The summed E-state index contributed by atoms with van der Waals surface area (Å²) in [5.74, 6) is -0.908. The lowest BCUT2D eigenvalue weighted by molar-refractivity contribution is -0.907. The first-order chi connectivity index (χ1) is 13.1. The Morgan fingerprint density at radius 3 is 2.75 bits per heavy atom. The minimum absolute atomic E-state index is 0. The molecule has 1 aromatic carbocycles. The number of nitrogens with one attached hydrogen (secondary N) is 1. The van der Waals surface area contributed by atoms with E-state index in [0.717, 1.165) is 42.1 Å². The van der Waals surface area contributed by atoms with Gasteiger partial charge in [0.1, 0.15) is 18.2 Å². The van der Waals surface area contributed by atoms with Gasteiger partial charge in [-0.3, -0.25) is 4.79 Å². The number of likely N-dealkylation sites (tertiary alicyclic amines) is 1. The van der Waals surface area contributed by atoms with Gasteiger partial charge < -0.3 is 27.3 Å². The van der Waals surface area contributed by atoms with E-state index in [0.29, 0.717) is 13.2 Å². The summed E-state index contributed by atoms with van der Waals surface area (Å²) in [7, 11) is 0. The third kappa shape index (κ3) is 5.56. The number of carboxylic acid groups (broad SMARTS) is 1. The van der Waals surface area contributed by atoms with Crippen molar-refractivity contribution in [2.45, 2.75) is 26.7 Å². The normalized spacial score (nSPS) is 19.7. The molecule has 2 aromatic rings. The lowest BCUT2D eigenvalue weighted by atomic mass is 9.98. The molecule has 1 aliphatic rings. The van der Waals surface area contributed by atoms with Gasteiger partial charge in [-0.25, -0.2) is 0 Å². The average Bonchev–Trinajstić information content (AvgIpc) is 3.09. The molecule has 3 rings (SSSR count). The molecule has 152 valence electrons. The molecule has 0 amide bonds. The Bertz CT molecular complexity index is 821. The van der Waals surface area contributed by atoms with E-state index < -0.39 is 5.97 Å². The highest BCUT2D eigenvalue weighted by Crippen LogP contribution is 2.23. The summed E-state index contributed by atoms with van der Waals surface area (Å²) < 4.78 is 0. The Kier molecular flexibility index (Phi) is 8.48. The van der Waals surface area contributed by atoms with E-state index in [2.05, 4.69) is 42.6 Å². The van der Waals surface area contributed by atoms with E-state index >= 15 is 0 Å². The number of thiophene rings is 1. The number of carbonyl (C=O) groups is 1. The van der Waals surface area contributed by atoms with Crippen LogP contribution in [0.1, 0.15) is 34.4 Å². The van der Waals surface area contributed by atoms with Crippen LogP contribution in [0.3, 0.4) is 0 Å². The summed E-state index contributed by atoms with van der Waals surface area (Å²) in [5.41, 5.74) is 4.31. The highest BCUT2D eigenvalue weighted by Gasteiger charge is 2.28. The SMILES string of the molecule is Cc1ccccc1/C(=N\OCC[NH+]1CCC[C@@H](C(=O)O)C1)c1sccc1C.[Cl-]. The second-order valence-electron chi connectivity index (χ2n) is 7.15. The van der Waals surface area contributed by atoms with Crippen molar-refractivity contribution in [3.63, 3.8) is 0 Å². The van der Waals surface area contributed by atoms with Crippen LogP contribution in [0, 0.1) is 19.8 Å². The molecule has 0 spiro atoms. The fraction of sp³-hybridized carbons (Fsp3) is 0.429. The maximum absolute atomic E-state index is 11.2. The number of halogens is 1. The van der Waals surface area contributed by atoms with Crippen LogP contribution in [0.25, 0.3) is 0 Å². The van der Waals surface area contributed by atoms with Crippen molar-refractivity contribution in [2.75, 3.05) is 26.2 Å². The molecule has 28 heavy (non-hydrogen) atoms. The molecular formula is C21H27ClN2O3S. The predicted molar refractivity (Wildman–Crippen MR) is 108 cm³/mol. The van der Waals surface area contributed by atoms with Gasteiger partial charge >= 0.3 is 5.97 Å². The Balaban J connectivity index is 0.00000280. The summed E-state index contributed by atoms with van der Waals surface area (Å²) in [6.45, 7) is 7.11. The fourth-order valence-electron chi connectivity index (χ4n) is 3.56. The van der Waals surface area contributed by atoms with E-state index in [9.17, 15) is 9.90 Å². The van der Waals surface area contributed by atoms with Crippen LogP contribution in [0.4, 0.5) is 0 Å². The highest BCUT2D eigenvalue weighted by molar-refractivity contribution is 7.12. The fourth-order valence-corrected chi connectivity index (χ4v) is 4.48. The van der Waals surface area contributed by atoms with Crippen LogP contribution in [0.15, 0.2) is 40.9 Å². The van der Waals surface area contributed by atoms with Crippen LogP contribution < -0.4 is 17.3 Å². The van der Waals surface area contributed by atoms with Crippen LogP contribution in [0.2, 0.25) is 0 Å². The van der Waals surface area contributed by atoms with Gasteiger partial charge in [-0.2, -0.15) is 0 Å². The Labute approximate surface area is 176 Å². The molecule has 2 N–H and O–H groups in total. The number of rotatable bonds is 7. The smallest absolute Gasteiger partial charge is 0.312 e. The summed E-state index contributed by atoms with van der Waals surface area (Å²) in [6.07, 6.45) is 1.74. The molecule has 1 unspecified atom stereocenters. The molecule has 1 aliphatic heterocycles. The molecule has 5 nitrogen and oxygen atoms in total. The zero-order valence-electron chi connectivity index (χ0n) is 16.3. The van der Waals surface area contributed by atoms with E-state index in [4.69, 9.17) is 4.84 Å². The van der Waals surface area contributed by atoms with Crippen LogP contribution in [-0.4, -0.2) is 43.0 Å². The Morgan fingerprint density at radius 2 is 2.07 bits per heavy atom. The van der Waals surface area contributed by atoms with E-state index in [-0.39, 0.29) is 18.3 Å². The van der Waals surface area contributed by atoms with Gasteiger partial charge in [0.25, 0.3) is 0 Å². The van der Waals surface area contributed by atoms with Crippen LogP contribution >= 0.6 is 11.3 Å². The van der Waals surface area contributed by atoms with Crippen molar-refractivity contribution in [2.24, 2.45) is 11.1 Å². The molecule has 1 saturated heterocycles. The number of piperidine rings is 1. The average molecular weight is 423 g/mol. The molecule has 7 heteroatoms. The number of hydrogen-bond acceptors (Lipinski definition) is 4. The number of aryl methyl sites for hydroxylation is 2. The number of oxime groups is 1. The first kappa shape index (κ1) is 22.4. The maximum atomic E-state index is 11.2. The summed E-state index contributed by atoms with van der Waals surface area (Å²) in [4.78, 5) is 19.3. The minimum Gasteiger partial charge on any atom is -1.00 e. The summed E-state index contributed by atoms with van der Waals surface area (Å²) in [6, 6.07) is 10.3. The van der Waals surface area contributed by atoms with Crippen molar-refractivity contribution in [3.8, 4) is 0 Å². The molecule has 2 atom stereocenters. The molecule has 1 aromatic heterocycles. The minimum atomic E-state index is -0.679. The van der Waals surface area contributed by atoms with Gasteiger partial charge in [0.15, 0.2) is 6.61 Å². The highest BCUT2D eigenvalue weighted by atomic mass is 35.5. The molecule has 2 heterocycles. The number of nitrogens with zero attached hydrogens (tertiary/aromatic N) is 1. The molecule has 0 radical (unpaired) electrons. The third-order valence-electron chi connectivity index (χ3n) is 5.15. The van der Waals surface area contributed by atoms with Crippen molar-refractivity contribution in [1.82, 2.24) is 0 Å². The van der Waals surface area contributed by atoms with Gasteiger partial charge in [0, 0.05) is 5.56 Å². The standard InChI is InChI=1S/C21H26N2O3S.ClH/c1-15-6-3-4-8-18(15)19(20-16(2)9-13-27-20)22-26-12-11-23-10-5-7-17(14-23)21(24)25;/h3-4,6,8-9,13,17H,5,7,10-12,14H2,1-2H3,(H,24,25);1H/b22-19+;/t17-;/m1./s1. The lowest BCUT2D eigenvalue weighted by Gasteiger charge is -2.27. The van der Waals surface area contributed by atoms with Crippen molar-refractivity contribution in [3.05, 3.63) is 57.3 Å². The number of hydrogen-bond donors (Lipinski definition) is 2. The summed E-state index contributed by atoms with van der Waals surface area (Å²) >= 11 is 1.67. The Hall–Kier alpha value is -1.89. The summed E-state index contributed by atoms with van der Waals surface area (Å²) in [5, 5.41) is 15.8. The number of quaternary nitrogens is 1. The van der Waals surface area contributed by atoms with Gasteiger partial charge in [0.05, 0.1) is 18.0 Å². The Morgan fingerprint density at radius 1 is 1.29 bits per heavy atom. The zero-order valence-corrected chi connectivity index (χ0v) is 17.9. The monoisotopic (exact) mass is 422 g/mol. The van der Waals surface area contributed by atoms with E-state index in [1.807, 2.05) is 12.1 Å². The number of carboxylic acids is 1. The van der Waals surface area contributed by atoms with Gasteiger partial charge in [-0.1, -0.05) is 29.4 Å². The zero-order chi connectivity index (χ0) is 19.2. The molecule has 0 bridgehead atoms. The van der Waals surface area contributed by atoms with Crippen molar-refractivity contribution in [1.29, 1.82) is 0 Å². The first-order valence-electron chi connectivity index (χ1n) is 9.43. The molecule has 0 aliphatic carbocycles. The maximum Gasteiger partial charge on any atom is 0.312 e. The van der Waals surface area contributed by atoms with Gasteiger partial charge in [-0.15, -0.1) is 11.3 Å². The van der Waals surface area contributed by atoms with Crippen LogP contribution in [0.5, 0.6) is 0 Å². The second-order valence-corrected chi connectivity index (χ2v) is 8.07. The van der Waals surface area contributed by atoms with E-state index in [1.165, 1.54) is 16.0 Å². The van der Waals surface area contributed by atoms with Gasteiger partial charge in [-0.05, 0) is 49.3 Å². The predicted octanol–water partition coefficient (Wildman–Crippen LogP) is -0.483. The number of benzene rings is 1. The molecule has 1 fully saturated rings. The quantitative estimate of drug-likeness (QED) is 0.360. The first-order valence-corrected chi connectivity index (χ1v) is 10.3. The van der Waals surface area contributed by atoms with Gasteiger partial charge in [0.2, 0.25) is 0 Å². The largest absolute Gasteiger partial charge is 1.00 e. The van der Waals surface area contributed by atoms with Crippen molar-refractivity contribution >= 4 is 23.0 Å². The topological polar surface area (TPSA) is 63.3 Å². The van der Waals surface area contributed by atoms with E-state index in [1.54, 1.807) is 11.3 Å². The molecular weight excluding hydrogens is 396 g/mol. The number of aliphatic carboxylic acids is 1. The lowest BCUT2D eigenvalue weighted by Crippen LogP contribution is -3.14. The second kappa shape index (κ2) is 10.6.